The van der Waals surface area contributed by atoms with Gasteiger partial charge in [-0.2, -0.15) is 21.6 Å². The quantitative estimate of drug-likeness (QED) is 0.798. The molecule has 0 unspecified atom stereocenters. The first kappa shape index (κ1) is 19.8. The molecule has 0 saturated carbocycles. The van der Waals surface area contributed by atoms with Gasteiger partial charge in [0.1, 0.15) is 5.69 Å². The van der Waals surface area contributed by atoms with Crippen molar-refractivity contribution < 1.29 is 35.6 Å². The molecule has 1 N–H and O–H groups in total. The summed E-state index contributed by atoms with van der Waals surface area (Å²) in [5, 5.41) is 0. The van der Waals surface area contributed by atoms with Gasteiger partial charge in [0.2, 0.25) is 5.88 Å². The van der Waals surface area contributed by atoms with Crippen LogP contribution < -0.4 is 14.9 Å². The molecule has 12 heteroatoms. The number of ether oxygens (including phenoxy) is 1. The number of rotatable bonds is 4. The van der Waals surface area contributed by atoms with Crippen LogP contribution in [0.15, 0.2) is 12.3 Å². The molecule has 1 aromatic rings. The van der Waals surface area contributed by atoms with E-state index in [9.17, 15) is 21.6 Å². The van der Waals surface area contributed by atoms with Gasteiger partial charge in [0.25, 0.3) is 0 Å². The summed E-state index contributed by atoms with van der Waals surface area (Å²) in [4.78, 5) is 3.83. The van der Waals surface area contributed by atoms with E-state index in [0.717, 1.165) is 13.2 Å². The average molecular weight is 382 g/mol. The van der Waals surface area contributed by atoms with Gasteiger partial charge in [-0.15, -0.1) is 0 Å². The fraction of sp³-hybridized carbons (Fsp3) is 0.615. The highest BCUT2D eigenvalue weighted by atomic mass is 32.2. The Labute approximate surface area is 144 Å². The summed E-state index contributed by atoms with van der Waals surface area (Å²) in [6.07, 6.45) is 1.28. The summed E-state index contributed by atoms with van der Waals surface area (Å²) in [7, 11) is -5.38. The van der Waals surface area contributed by atoms with Crippen molar-refractivity contribution in [1.29, 1.82) is 0 Å². The number of alkyl halides is 3. The van der Waals surface area contributed by atoms with Gasteiger partial charge in [0.15, 0.2) is 0 Å². The highest BCUT2D eigenvalue weighted by molar-refractivity contribution is 7.93. The van der Waals surface area contributed by atoms with Crippen molar-refractivity contribution in [3.05, 3.63) is 12.3 Å². The van der Waals surface area contributed by atoms with Gasteiger partial charge in [0.05, 0.1) is 18.3 Å². The molecule has 0 aliphatic carbocycles. The van der Waals surface area contributed by atoms with Crippen molar-refractivity contribution in [3.8, 4) is 5.88 Å². The predicted molar refractivity (Wildman–Crippen MR) is 85.1 cm³/mol. The summed E-state index contributed by atoms with van der Waals surface area (Å²) in [6, 6.07) is 1.14. The zero-order chi connectivity index (χ0) is 19.3. The van der Waals surface area contributed by atoms with Gasteiger partial charge >= 0.3 is 22.7 Å². The second kappa shape index (κ2) is 6.03. The third-order valence-corrected chi connectivity index (χ3v) is 5.24. The van der Waals surface area contributed by atoms with E-state index in [0.29, 0.717) is 0 Å². The Hall–Kier alpha value is -1.53. The van der Waals surface area contributed by atoms with E-state index in [1.807, 2.05) is 0 Å². The number of nitrogens with one attached hydrogen (secondary N) is 1. The number of methoxy groups -OCH3 is 1. The number of pyridine rings is 1. The highest BCUT2D eigenvalue weighted by Gasteiger charge is 2.52. The molecule has 1 aromatic heterocycles. The topological polar surface area (TPSA) is 86.8 Å². The van der Waals surface area contributed by atoms with E-state index in [-0.39, 0.29) is 11.3 Å². The monoisotopic (exact) mass is 382 g/mol. The van der Waals surface area contributed by atoms with Gasteiger partial charge in [-0.25, -0.2) is 4.98 Å². The Morgan fingerprint density at radius 1 is 1.20 bits per heavy atom. The lowest BCUT2D eigenvalue weighted by Crippen LogP contribution is -2.41. The van der Waals surface area contributed by atoms with Crippen LogP contribution in [0.25, 0.3) is 0 Å². The molecule has 2 rings (SSSR count). The fourth-order valence-electron chi connectivity index (χ4n) is 2.01. The predicted octanol–water partition coefficient (Wildman–Crippen LogP) is 1.65. The normalized spacial score (nSPS) is 19.8. The lowest BCUT2D eigenvalue weighted by atomic mass is 9.80. The largest absolute Gasteiger partial charge is 0.516 e. The molecule has 1 aliphatic rings. The Kier molecular flexibility index (Phi) is 4.77. The van der Waals surface area contributed by atoms with Crippen molar-refractivity contribution in [2.75, 3.05) is 11.8 Å². The van der Waals surface area contributed by atoms with Crippen LogP contribution in [0.1, 0.15) is 27.7 Å². The molecule has 1 fully saturated rings. The van der Waals surface area contributed by atoms with E-state index in [1.165, 1.54) is 10.9 Å². The van der Waals surface area contributed by atoms with E-state index in [1.54, 1.807) is 27.7 Å². The van der Waals surface area contributed by atoms with Crippen LogP contribution in [0.4, 0.5) is 18.9 Å². The molecule has 0 bridgehead atoms. The summed E-state index contributed by atoms with van der Waals surface area (Å²) < 4.78 is 78.3. The molecule has 0 spiro atoms. The zero-order valence-electron chi connectivity index (χ0n) is 14.3. The minimum absolute atomic E-state index is 0.249. The SMILES string of the molecule is COc1ncc(B2OC(C)(C)C(C)(C)O2)cc1NS(=O)(=O)C(F)(F)F. The molecule has 1 aliphatic heterocycles. The lowest BCUT2D eigenvalue weighted by Gasteiger charge is -2.32. The average Bonchev–Trinajstić information content (AvgIpc) is 2.65. The number of aromatic nitrogens is 1. The molecule has 0 aromatic carbocycles. The van der Waals surface area contributed by atoms with Crippen LogP contribution in [-0.4, -0.2) is 44.3 Å². The minimum Gasteiger partial charge on any atom is -0.480 e. The van der Waals surface area contributed by atoms with Gasteiger partial charge in [-0.1, -0.05) is 0 Å². The van der Waals surface area contributed by atoms with E-state index in [2.05, 4.69) is 4.98 Å². The van der Waals surface area contributed by atoms with Crippen LogP contribution >= 0.6 is 0 Å². The van der Waals surface area contributed by atoms with Crippen LogP contribution in [0.3, 0.4) is 0 Å². The number of nitrogens with zero attached hydrogens (tertiary/aromatic N) is 1. The van der Waals surface area contributed by atoms with Crippen molar-refractivity contribution in [3.63, 3.8) is 0 Å². The van der Waals surface area contributed by atoms with Crippen molar-refractivity contribution in [1.82, 2.24) is 4.98 Å². The van der Waals surface area contributed by atoms with Gasteiger partial charge in [0, 0.05) is 11.7 Å². The molecule has 0 atom stereocenters. The second-order valence-electron chi connectivity index (χ2n) is 6.46. The summed E-state index contributed by atoms with van der Waals surface area (Å²) in [5.74, 6) is -0.312. The number of halogens is 3. The first-order valence-electron chi connectivity index (χ1n) is 7.19. The number of hydrogen-bond acceptors (Lipinski definition) is 6. The summed E-state index contributed by atoms with van der Waals surface area (Å²) in [5.41, 5.74) is -7.04. The molecule has 7 nitrogen and oxygen atoms in total. The van der Waals surface area contributed by atoms with Gasteiger partial charge < -0.3 is 14.0 Å². The van der Waals surface area contributed by atoms with E-state index >= 15 is 0 Å². The zero-order valence-corrected chi connectivity index (χ0v) is 15.1. The maximum Gasteiger partial charge on any atom is 0.516 e. The van der Waals surface area contributed by atoms with Crippen LogP contribution in [0.5, 0.6) is 5.88 Å². The fourth-order valence-corrected chi connectivity index (χ4v) is 2.57. The molecular weight excluding hydrogens is 364 g/mol. The summed E-state index contributed by atoms with van der Waals surface area (Å²) in [6.45, 7) is 7.21. The van der Waals surface area contributed by atoms with Crippen molar-refractivity contribution in [2.24, 2.45) is 0 Å². The Morgan fingerprint density at radius 2 is 1.72 bits per heavy atom. The molecule has 0 radical (unpaired) electrons. The first-order chi connectivity index (χ1) is 11.2. The molecule has 2 heterocycles. The number of hydrogen-bond donors (Lipinski definition) is 1. The third-order valence-electron chi connectivity index (χ3n) is 4.14. The molecular formula is C13H18BF3N2O5S. The van der Waals surface area contributed by atoms with Crippen molar-refractivity contribution >= 4 is 28.3 Å². The molecule has 1 saturated heterocycles. The number of sulfonamides is 1. The van der Waals surface area contributed by atoms with E-state index in [4.69, 9.17) is 14.0 Å². The molecule has 0 amide bonds. The Morgan fingerprint density at radius 3 is 2.16 bits per heavy atom. The van der Waals surface area contributed by atoms with E-state index < -0.39 is 39.5 Å². The standard InChI is InChI=1S/C13H18BF3N2O5S/c1-11(2)12(3,4)24-14(23-11)8-6-9(10(22-5)18-7-8)19-25(20,21)13(15,16)17/h6-7,19H,1-5H3. The minimum atomic E-state index is -5.62. The van der Waals surface area contributed by atoms with Crippen LogP contribution in [0, 0.1) is 0 Å². The summed E-state index contributed by atoms with van der Waals surface area (Å²) >= 11 is 0. The highest BCUT2D eigenvalue weighted by Crippen LogP contribution is 2.37. The maximum atomic E-state index is 12.6. The Bertz CT molecular complexity index is 751. The van der Waals surface area contributed by atoms with Crippen LogP contribution in [-0.2, 0) is 19.3 Å². The van der Waals surface area contributed by atoms with Crippen LogP contribution in [0.2, 0.25) is 0 Å². The third kappa shape index (κ3) is 3.70. The van der Waals surface area contributed by atoms with Gasteiger partial charge in [-0.05, 0) is 33.8 Å². The second-order valence-corrected chi connectivity index (χ2v) is 8.14. The lowest BCUT2D eigenvalue weighted by molar-refractivity contribution is -0.0429. The maximum absolute atomic E-state index is 12.6. The molecule has 140 valence electrons. The van der Waals surface area contributed by atoms with Gasteiger partial charge in [-0.3, -0.25) is 4.72 Å². The smallest absolute Gasteiger partial charge is 0.480 e. The molecule has 25 heavy (non-hydrogen) atoms. The van der Waals surface area contributed by atoms with Crippen molar-refractivity contribution in [2.45, 2.75) is 44.4 Å². The number of anilines is 1. The first-order valence-corrected chi connectivity index (χ1v) is 8.67. The Balaban J connectivity index is 2.39.